The molecule has 0 aromatic heterocycles. The molecule has 34 heavy (non-hydrogen) atoms. The summed E-state index contributed by atoms with van der Waals surface area (Å²) in [4.78, 5) is 38.9. The topological polar surface area (TPSA) is 95.9 Å². The van der Waals surface area contributed by atoms with Crippen molar-refractivity contribution in [2.24, 2.45) is 5.92 Å². The van der Waals surface area contributed by atoms with Gasteiger partial charge >= 0.3 is 12.1 Å². The van der Waals surface area contributed by atoms with Crippen LogP contribution in [0.3, 0.4) is 0 Å². The van der Waals surface area contributed by atoms with Crippen LogP contribution in [0.1, 0.15) is 36.3 Å². The number of thioether (sulfide) groups is 1. The maximum absolute atomic E-state index is 13.1. The van der Waals surface area contributed by atoms with E-state index in [1.54, 1.807) is 16.7 Å². The first-order chi connectivity index (χ1) is 16.5. The maximum Gasteiger partial charge on any atom is 0.407 e. The van der Waals surface area contributed by atoms with Gasteiger partial charge in [0.15, 0.2) is 0 Å². The second kappa shape index (κ2) is 11.0. The van der Waals surface area contributed by atoms with Gasteiger partial charge in [-0.2, -0.15) is 11.8 Å². The number of benzene rings is 2. The third-order valence-electron chi connectivity index (χ3n) is 6.63. The van der Waals surface area contributed by atoms with Gasteiger partial charge in [-0.1, -0.05) is 48.5 Å². The molecule has 1 heterocycles. The number of fused-ring (bicyclic) bond motifs is 3. The van der Waals surface area contributed by atoms with Crippen molar-refractivity contribution in [2.45, 2.75) is 31.2 Å². The molecule has 1 saturated heterocycles. The second-order valence-electron chi connectivity index (χ2n) is 8.77. The molecule has 7 nitrogen and oxygen atoms in total. The Hall–Kier alpha value is -3.00. The molecule has 0 bridgehead atoms. The second-order valence-corrected chi connectivity index (χ2v) is 9.75. The van der Waals surface area contributed by atoms with Gasteiger partial charge in [-0.15, -0.1) is 0 Å². The standard InChI is InChI=1S/C26H30N2O5S/c1-34-14-12-23(24(29)28-13-6-7-17(15-28)25(30)31)27-26(32)33-16-22-20-10-4-2-8-18(20)19-9-3-5-11-21(19)22/h2-5,8-11,17,22-23H,6-7,12-16H2,1H3,(H,27,32)(H,30,31)/t17?,23-/m0/s1. The van der Waals surface area contributed by atoms with Crippen LogP contribution in [-0.2, 0) is 14.3 Å². The highest BCUT2D eigenvalue weighted by molar-refractivity contribution is 7.98. The Bertz CT molecular complexity index is 1010. The van der Waals surface area contributed by atoms with E-state index in [1.807, 2.05) is 30.5 Å². The van der Waals surface area contributed by atoms with Gasteiger partial charge in [0.2, 0.25) is 5.91 Å². The molecule has 2 N–H and O–H groups in total. The average Bonchev–Trinajstić information content (AvgIpc) is 3.18. The van der Waals surface area contributed by atoms with Crippen LogP contribution in [0.15, 0.2) is 48.5 Å². The lowest BCUT2D eigenvalue weighted by atomic mass is 9.97. The quantitative estimate of drug-likeness (QED) is 0.591. The Kier molecular flexibility index (Phi) is 7.77. The molecule has 1 aliphatic heterocycles. The third kappa shape index (κ3) is 5.22. The summed E-state index contributed by atoms with van der Waals surface area (Å²) in [6.45, 7) is 0.856. The van der Waals surface area contributed by atoms with Crippen molar-refractivity contribution in [3.63, 3.8) is 0 Å². The minimum Gasteiger partial charge on any atom is -0.481 e. The first kappa shape index (κ1) is 24.1. The van der Waals surface area contributed by atoms with Crippen molar-refractivity contribution in [3.8, 4) is 11.1 Å². The molecule has 2 atom stereocenters. The number of carboxylic acid groups (broad SMARTS) is 1. The highest BCUT2D eigenvalue weighted by atomic mass is 32.2. The number of carbonyl (C=O) groups is 3. The Morgan fingerprint density at radius 3 is 2.38 bits per heavy atom. The molecule has 0 spiro atoms. The minimum absolute atomic E-state index is 0.0584. The number of piperidine rings is 1. The first-order valence-electron chi connectivity index (χ1n) is 11.6. The Labute approximate surface area is 203 Å². The van der Waals surface area contributed by atoms with Crippen LogP contribution in [0.5, 0.6) is 0 Å². The van der Waals surface area contributed by atoms with Gasteiger partial charge in [-0.05, 0) is 53.5 Å². The number of ether oxygens (including phenoxy) is 1. The average molecular weight is 483 g/mol. The maximum atomic E-state index is 13.1. The zero-order valence-corrected chi connectivity index (χ0v) is 20.1. The van der Waals surface area contributed by atoms with Gasteiger partial charge in [0.1, 0.15) is 12.6 Å². The highest BCUT2D eigenvalue weighted by Crippen LogP contribution is 2.44. The Morgan fingerprint density at radius 1 is 1.12 bits per heavy atom. The zero-order chi connectivity index (χ0) is 24.1. The zero-order valence-electron chi connectivity index (χ0n) is 19.2. The highest BCUT2D eigenvalue weighted by Gasteiger charge is 2.33. The summed E-state index contributed by atoms with van der Waals surface area (Å²) in [5.41, 5.74) is 4.55. The van der Waals surface area contributed by atoms with E-state index >= 15 is 0 Å². The number of carboxylic acids is 1. The fraction of sp³-hybridized carbons (Fsp3) is 0.423. The molecule has 4 rings (SSSR count). The fourth-order valence-corrected chi connectivity index (χ4v) is 5.35. The lowest BCUT2D eigenvalue weighted by Gasteiger charge is -2.33. The number of alkyl carbamates (subject to hydrolysis) is 1. The molecule has 1 fully saturated rings. The van der Waals surface area contributed by atoms with Crippen LogP contribution < -0.4 is 5.32 Å². The summed E-state index contributed by atoms with van der Waals surface area (Å²) in [6.07, 6.45) is 2.97. The van der Waals surface area contributed by atoms with Gasteiger partial charge in [-0.3, -0.25) is 9.59 Å². The normalized spacial score (nSPS) is 18.0. The van der Waals surface area contributed by atoms with Crippen molar-refractivity contribution in [1.29, 1.82) is 0 Å². The smallest absolute Gasteiger partial charge is 0.407 e. The lowest BCUT2D eigenvalue weighted by Crippen LogP contribution is -2.52. The molecule has 2 aromatic rings. The summed E-state index contributed by atoms with van der Waals surface area (Å²) in [5, 5.41) is 12.1. The molecular formula is C26H30N2O5S. The molecule has 180 valence electrons. The van der Waals surface area contributed by atoms with Crippen molar-refractivity contribution in [3.05, 3.63) is 59.7 Å². The van der Waals surface area contributed by atoms with Crippen molar-refractivity contribution >= 4 is 29.7 Å². The molecule has 2 aliphatic rings. The molecule has 1 aliphatic carbocycles. The van der Waals surface area contributed by atoms with Crippen LogP contribution in [0.2, 0.25) is 0 Å². The number of nitrogens with zero attached hydrogens (tertiary/aromatic N) is 1. The minimum atomic E-state index is -0.886. The molecule has 8 heteroatoms. The molecule has 2 aromatic carbocycles. The predicted molar refractivity (Wildman–Crippen MR) is 132 cm³/mol. The lowest BCUT2D eigenvalue weighted by molar-refractivity contribution is -0.146. The fourth-order valence-electron chi connectivity index (χ4n) is 4.87. The van der Waals surface area contributed by atoms with Crippen molar-refractivity contribution < 1.29 is 24.2 Å². The number of likely N-dealkylation sites (tertiary alicyclic amines) is 1. The van der Waals surface area contributed by atoms with Crippen LogP contribution >= 0.6 is 11.8 Å². The van der Waals surface area contributed by atoms with Crippen molar-refractivity contribution in [2.75, 3.05) is 31.7 Å². The van der Waals surface area contributed by atoms with E-state index in [-0.39, 0.29) is 25.0 Å². The van der Waals surface area contributed by atoms with E-state index in [4.69, 9.17) is 4.74 Å². The number of hydrogen-bond acceptors (Lipinski definition) is 5. The van der Waals surface area contributed by atoms with E-state index < -0.39 is 24.0 Å². The SMILES string of the molecule is CSCC[C@H](NC(=O)OCC1c2ccccc2-c2ccccc21)C(=O)N1CCCC(C(=O)O)C1. The van der Waals surface area contributed by atoms with Gasteiger partial charge < -0.3 is 20.1 Å². The van der Waals surface area contributed by atoms with E-state index in [9.17, 15) is 19.5 Å². The molecule has 2 amide bonds. The van der Waals surface area contributed by atoms with Gasteiger partial charge in [-0.25, -0.2) is 4.79 Å². The number of aliphatic carboxylic acids is 1. The Balaban J connectivity index is 1.41. The number of nitrogens with one attached hydrogen (secondary N) is 1. The summed E-state index contributed by atoms with van der Waals surface area (Å²) in [7, 11) is 0. The number of carbonyl (C=O) groups excluding carboxylic acids is 2. The first-order valence-corrected chi connectivity index (χ1v) is 13.0. The monoisotopic (exact) mass is 482 g/mol. The van der Waals surface area contributed by atoms with Crippen LogP contribution in [0, 0.1) is 5.92 Å². The number of rotatable bonds is 8. The Morgan fingerprint density at radius 2 is 1.76 bits per heavy atom. The molecular weight excluding hydrogens is 452 g/mol. The van der Waals surface area contributed by atoms with E-state index in [0.29, 0.717) is 31.6 Å². The predicted octanol–water partition coefficient (Wildman–Crippen LogP) is 3.97. The van der Waals surface area contributed by atoms with Crippen molar-refractivity contribution in [1.82, 2.24) is 10.2 Å². The van der Waals surface area contributed by atoms with Crippen LogP contribution in [-0.4, -0.2) is 65.7 Å². The van der Waals surface area contributed by atoms with Crippen LogP contribution in [0.4, 0.5) is 4.79 Å². The molecule has 1 unspecified atom stereocenters. The van der Waals surface area contributed by atoms with Gasteiger partial charge in [0, 0.05) is 19.0 Å². The number of hydrogen-bond donors (Lipinski definition) is 2. The third-order valence-corrected chi connectivity index (χ3v) is 7.27. The summed E-state index contributed by atoms with van der Waals surface area (Å²) in [6, 6.07) is 15.5. The summed E-state index contributed by atoms with van der Waals surface area (Å²) in [5.74, 6) is -1.06. The van der Waals surface area contributed by atoms with Crippen LogP contribution in [0.25, 0.3) is 11.1 Å². The van der Waals surface area contributed by atoms with E-state index in [1.165, 1.54) is 0 Å². The van der Waals surface area contributed by atoms with Gasteiger partial charge in [0.05, 0.1) is 5.92 Å². The van der Waals surface area contributed by atoms with E-state index in [0.717, 1.165) is 22.3 Å². The molecule has 0 saturated carbocycles. The summed E-state index contributed by atoms with van der Waals surface area (Å²) < 4.78 is 5.63. The largest absolute Gasteiger partial charge is 0.481 e. The van der Waals surface area contributed by atoms with Gasteiger partial charge in [0.25, 0.3) is 0 Å². The number of amides is 2. The summed E-state index contributed by atoms with van der Waals surface area (Å²) >= 11 is 1.59. The van der Waals surface area contributed by atoms with E-state index in [2.05, 4.69) is 29.6 Å². The molecule has 0 radical (unpaired) electrons.